The van der Waals surface area contributed by atoms with Crippen LogP contribution in [-0.2, 0) is 4.79 Å². The van der Waals surface area contributed by atoms with Crippen LogP contribution in [0.3, 0.4) is 0 Å². The first-order valence-electron chi connectivity index (χ1n) is 5.19. The minimum Gasteiger partial charge on any atom is -0.347 e. The molecule has 1 N–H and O–H groups in total. The van der Waals surface area contributed by atoms with E-state index < -0.39 is 0 Å². The van der Waals surface area contributed by atoms with Crippen molar-refractivity contribution in [2.45, 2.75) is 40.2 Å². The van der Waals surface area contributed by atoms with E-state index in [2.05, 4.69) is 5.32 Å². The summed E-state index contributed by atoms with van der Waals surface area (Å²) >= 11 is 0. The average Bonchev–Trinajstić information content (AvgIpc) is 2.09. The van der Waals surface area contributed by atoms with Crippen molar-refractivity contribution in [2.24, 2.45) is 0 Å². The quantitative estimate of drug-likeness (QED) is 0.559. The molecular formula is C13H21NO. The molecule has 0 spiro atoms. The van der Waals surface area contributed by atoms with Crippen molar-refractivity contribution in [3.05, 3.63) is 36.0 Å². The highest BCUT2D eigenvalue weighted by molar-refractivity contribution is 5.96. The Balaban J connectivity index is 4.72. The van der Waals surface area contributed by atoms with Gasteiger partial charge in [-0.3, -0.25) is 4.79 Å². The lowest BCUT2D eigenvalue weighted by Crippen LogP contribution is -2.41. The number of rotatable bonds is 3. The van der Waals surface area contributed by atoms with E-state index in [1.54, 1.807) is 12.2 Å². The molecule has 0 saturated carbocycles. The van der Waals surface area contributed by atoms with Gasteiger partial charge in [-0.05, 0) is 40.7 Å². The zero-order valence-electron chi connectivity index (χ0n) is 10.3. The Morgan fingerprint density at radius 1 is 1.13 bits per heavy atom. The number of carbonyl (C=O) groups excluding carboxylic acids is 1. The summed E-state index contributed by atoms with van der Waals surface area (Å²) in [5, 5.41) is 2.92. The van der Waals surface area contributed by atoms with Gasteiger partial charge in [-0.1, -0.05) is 24.3 Å². The monoisotopic (exact) mass is 207 g/mol. The molecule has 0 atom stereocenters. The van der Waals surface area contributed by atoms with Crippen LogP contribution in [0.5, 0.6) is 0 Å². The number of carbonyl (C=O) groups is 1. The lowest BCUT2D eigenvalue weighted by Gasteiger charge is -2.20. The third-order valence-electron chi connectivity index (χ3n) is 1.57. The van der Waals surface area contributed by atoms with Gasteiger partial charge in [-0.2, -0.15) is 0 Å². The van der Waals surface area contributed by atoms with Crippen LogP contribution in [0.2, 0.25) is 0 Å². The second-order valence-corrected chi connectivity index (χ2v) is 4.35. The van der Waals surface area contributed by atoms with Gasteiger partial charge in [0.25, 0.3) is 5.91 Å². The maximum absolute atomic E-state index is 11.8. The summed E-state index contributed by atoms with van der Waals surface area (Å²) in [6, 6.07) is 0. The van der Waals surface area contributed by atoms with Crippen molar-refractivity contribution in [1.29, 1.82) is 0 Å². The summed E-state index contributed by atoms with van der Waals surface area (Å²) < 4.78 is 0. The van der Waals surface area contributed by atoms with E-state index in [9.17, 15) is 4.79 Å². The zero-order valence-corrected chi connectivity index (χ0v) is 10.3. The van der Waals surface area contributed by atoms with Gasteiger partial charge in [0.05, 0.1) is 0 Å². The molecule has 0 heterocycles. The van der Waals surface area contributed by atoms with Crippen LogP contribution in [0.4, 0.5) is 0 Å². The van der Waals surface area contributed by atoms with Gasteiger partial charge in [-0.15, -0.1) is 0 Å². The van der Waals surface area contributed by atoms with Gasteiger partial charge in [0, 0.05) is 11.1 Å². The average molecular weight is 207 g/mol. The van der Waals surface area contributed by atoms with Gasteiger partial charge in [-0.25, -0.2) is 0 Å². The number of hydrogen-bond acceptors (Lipinski definition) is 1. The van der Waals surface area contributed by atoms with Gasteiger partial charge in [0.2, 0.25) is 0 Å². The first-order valence-corrected chi connectivity index (χ1v) is 5.19. The maximum Gasteiger partial charge on any atom is 0.251 e. The molecule has 84 valence electrons. The highest BCUT2D eigenvalue weighted by Crippen LogP contribution is 2.04. The van der Waals surface area contributed by atoms with E-state index in [-0.39, 0.29) is 11.4 Å². The molecule has 0 rings (SSSR count). The van der Waals surface area contributed by atoms with Crippen molar-refractivity contribution in [3.63, 3.8) is 0 Å². The van der Waals surface area contributed by atoms with Crippen molar-refractivity contribution in [3.8, 4) is 0 Å². The highest BCUT2D eigenvalue weighted by atomic mass is 16.1. The van der Waals surface area contributed by atoms with Crippen molar-refractivity contribution in [2.75, 3.05) is 0 Å². The highest BCUT2D eigenvalue weighted by Gasteiger charge is 2.14. The minimum absolute atomic E-state index is 0.0429. The molecule has 0 radical (unpaired) electrons. The van der Waals surface area contributed by atoms with Gasteiger partial charge >= 0.3 is 0 Å². The largest absolute Gasteiger partial charge is 0.347 e. The summed E-state index contributed by atoms with van der Waals surface area (Å²) in [6.45, 7) is 9.72. The van der Waals surface area contributed by atoms with Crippen molar-refractivity contribution < 1.29 is 4.79 Å². The van der Waals surface area contributed by atoms with E-state index in [1.807, 2.05) is 52.8 Å². The molecule has 0 aromatic rings. The van der Waals surface area contributed by atoms with E-state index in [0.29, 0.717) is 5.57 Å². The molecular weight excluding hydrogens is 186 g/mol. The zero-order chi connectivity index (χ0) is 11.9. The lowest BCUT2D eigenvalue weighted by atomic mass is 10.1. The smallest absolute Gasteiger partial charge is 0.251 e. The Labute approximate surface area is 92.8 Å². The van der Waals surface area contributed by atoms with Crippen LogP contribution >= 0.6 is 0 Å². The molecule has 0 unspecified atom stereocenters. The summed E-state index contributed by atoms with van der Waals surface area (Å²) in [4.78, 5) is 11.8. The molecule has 0 aliphatic carbocycles. The number of amides is 1. The van der Waals surface area contributed by atoms with Gasteiger partial charge in [0.15, 0.2) is 0 Å². The molecule has 0 bridgehead atoms. The third kappa shape index (κ3) is 6.72. The molecule has 0 aromatic carbocycles. The molecule has 0 fully saturated rings. The molecule has 0 aromatic heterocycles. The van der Waals surface area contributed by atoms with Crippen LogP contribution < -0.4 is 5.32 Å². The topological polar surface area (TPSA) is 29.1 Å². The molecule has 0 saturated heterocycles. The van der Waals surface area contributed by atoms with E-state index in [0.717, 1.165) is 0 Å². The lowest BCUT2D eigenvalue weighted by molar-refractivity contribution is -0.118. The molecule has 15 heavy (non-hydrogen) atoms. The Bertz CT molecular complexity index is 290. The number of hydrogen-bond donors (Lipinski definition) is 1. The van der Waals surface area contributed by atoms with E-state index in [1.165, 1.54) is 0 Å². The number of nitrogens with one attached hydrogen (secondary N) is 1. The van der Waals surface area contributed by atoms with E-state index >= 15 is 0 Å². The molecule has 2 heteroatoms. The van der Waals surface area contributed by atoms with Crippen LogP contribution in [0.1, 0.15) is 34.6 Å². The van der Waals surface area contributed by atoms with Gasteiger partial charge < -0.3 is 5.32 Å². The summed E-state index contributed by atoms with van der Waals surface area (Å²) in [5.74, 6) is -0.0429. The van der Waals surface area contributed by atoms with Crippen LogP contribution in [0.25, 0.3) is 0 Å². The second-order valence-electron chi connectivity index (χ2n) is 4.35. The third-order valence-corrected chi connectivity index (χ3v) is 1.57. The molecule has 0 aliphatic heterocycles. The molecule has 2 nitrogen and oxygen atoms in total. The predicted molar refractivity (Wildman–Crippen MR) is 65.6 cm³/mol. The fraction of sp³-hybridized carbons (Fsp3) is 0.462. The van der Waals surface area contributed by atoms with Crippen LogP contribution in [0.15, 0.2) is 36.0 Å². The second kappa shape index (κ2) is 6.23. The van der Waals surface area contributed by atoms with Crippen molar-refractivity contribution >= 4 is 5.91 Å². The maximum atomic E-state index is 11.8. The molecule has 0 aliphatic rings. The molecule has 1 amide bonds. The van der Waals surface area contributed by atoms with Crippen molar-refractivity contribution in [1.82, 2.24) is 5.32 Å². The Morgan fingerprint density at radius 3 is 2.13 bits per heavy atom. The first kappa shape index (κ1) is 13.7. The standard InChI is InChI=1S/C13H21NO/c1-6-8-10-11(9-7-2)12(15)14-13(3,4)5/h6-10H,1-5H3,(H,14,15)/b8-6-,9-7-,11-10+. The minimum atomic E-state index is -0.201. The summed E-state index contributed by atoms with van der Waals surface area (Å²) in [5.41, 5.74) is 0.471. The predicted octanol–water partition coefficient (Wildman–Crippen LogP) is 2.98. The Hall–Kier alpha value is -1.31. The fourth-order valence-electron chi connectivity index (χ4n) is 0.999. The van der Waals surface area contributed by atoms with Gasteiger partial charge in [0.1, 0.15) is 0 Å². The first-order chi connectivity index (χ1) is 6.90. The summed E-state index contributed by atoms with van der Waals surface area (Å²) in [7, 11) is 0. The SMILES string of the molecule is C\C=C/C=C(\C=C/C)C(=O)NC(C)(C)C. The summed E-state index contributed by atoms with van der Waals surface area (Å²) in [6.07, 6.45) is 9.23. The Morgan fingerprint density at radius 2 is 1.73 bits per heavy atom. The van der Waals surface area contributed by atoms with Crippen LogP contribution in [-0.4, -0.2) is 11.4 Å². The number of allylic oxidation sites excluding steroid dienone is 4. The Kier molecular flexibility index (Phi) is 5.68. The van der Waals surface area contributed by atoms with Crippen LogP contribution in [0, 0.1) is 0 Å². The fourth-order valence-corrected chi connectivity index (χ4v) is 0.999. The van der Waals surface area contributed by atoms with E-state index in [4.69, 9.17) is 0 Å². The normalized spacial score (nSPS) is 13.8.